The first-order chi connectivity index (χ1) is 10.0. The van der Waals surface area contributed by atoms with Gasteiger partial charge in [-0.25, -0.2) is 0 Å². The summed E-state index contributed by atoms with van der Waals surface area (Å²) >= 11 is 0. The van der Waals surface area contributed by atoms with Gasteiger partial charge in [-0.3, -0.25) is 10.1 Å². The molecule has 2 atom stereocenters. The van der Waals surface area contributed by atoms with E-state index in [1.807, 2.05) is 6.92 Å². The fourth-order valence-electron chi connectivity index (χ4n) is 1.74. The minimum absolute atomic E-state index is 0.0562. The maximum Gasteiger partial charge on any atom is 0.269 e. The topological polar surface area (TPSA) is 93.9 Å². The molecule has 1 aromatic rings. The zero-order chi connectivity index (χ0) is 15.7. The number of methoxy groups -OCH3 is 1. The summed E-state index contributed by atoms with van der Waals surface area (Å²) in [6.07, 6.45) is -0.665. The average Bonchev–Trinajstić information content (AvgIpc) is 2.46. The number of hydrogen-bond acceptors (Lipinski definition) is 6. The Balaban J connectivity index is 2.22. The molecule has 0 spiro atoms. The van der Waals surface area contributed by atoms with Gasteiger partial charge in [0, 0.05) is 32.3 Å². The highest BCUT2D eigenvalue weighted by atomic mass is 16.6. The van der Waals surface area contributed by atoms with Crippen molar-refractivity contribution in [3.05, 3.63) is 39.9 Å². The Labute approximate surface area is 124 Å². The van der Waals surface area contributed by atoms with Crippen LogP contribution in [0.2, 0.25) is 0 Å². The Kier molecular flexibility index (Phi) is 7.84. The molecule has 7 heteroatoms. The first kappa shape index (κ1) is 17.5. The van der Waals surface area contributed by atoms with Crippen molar-refractivity contribution in [3.63, 3.8) is 0 Å². The van der Waals surface area contributed by atoms with Gasteiger partial charge in [-0.1, -0.05) is 12.1 Å². The van der Waals surface area contributed by atoms with Gasteiger partial charge in [-0.2, -0.15) is 0 Å². The number of nitro benzene ring substituents is 1. The molecular formula is C14H22N2O5. The molecule has 7 nitrogen and oxygen atoms in total. The molecule has 0 aliphatic rings. The molecule has 1 rings (SSSR count). The third-order valence-electron chi connectivity index (χ3n) is 2.83. The molecule has 2 unspecified atom stereocenters. The van der Waals surface area contributed by atoms with Crippen molar-refractivity contribution in [2.45, 2.75) is 25.7 Å². The Morgan fingerprint density at radius 2 is 2.00 bits per heavy atom. The summed E-state index contributed by atoms with van der Waals surface area (Å²) < 4.78 is 10.3. The number of non-ortho nitro benzene ring substituents is 1. The summed E-state index contributed by atoms with van der Waals surface area (Å²) in [5.41, 5.74) is 0.987. The van der Waals surface area contributed by atoms with E-state index in [0.717, 1.165) is 5.56 Å². The van der Waals surface area contributed by atoms with Crippen LogP contribution in [0.4, 0.5) is 5.69 Å². The van der Waals surface area contributed by atoms with Gasteiger partial charge >= 0.3 is 0 Å². The Morgan fingerprint density at radius 1 is 1.33 bits per heavy atom. The minimum atomic E-state index is -0.609. The van der Waals surface area contributed by atoms with Gasteiger partial charge in [0.1, 0.15) is 0 Å². The van der Waals surface area contributed by atoms with E-state index in [0.29, 0.717) is 19.7 Å². The van der Waals surface area contributed by atoms with Crippen LogP contribution in [0.25, 0.3) is 0 Å². The van der Waals surface area contributed by atoms with Crippen molar-refractivity contribution < 1.29 is 19.5 Å². The van der Waals surface area contributed by atoms with E-state index >= 15 is 0 Å². The highest BCUT2D eigenvalue weighted by Crippen LogP contribution is 2.11. The van der Waals surface area contributed by atoms with Crippen molar-refractivity contribution in [1.29, 1.82) is 0 Å². The molecule has 0 bridgehead atoms. The molecule has 0 aliphatic heterocycles. The Bertz CT molecular complexity index is 424. The minimum Gasteiger partial charge on any atom is -0.389 e. The maximum atomic E-state index is 10.5. The number of ether oxygens (including phenoxy) is 2. The van der Waals surface area contributed by atoms with Gasteiger partial charge in [0.2, 0.25) is 0 Å². The quantitative estimate of drug-likeness (QED) is 0.496. The monoisotopic (exact) mass is 298 g/mol. The number of nitrogens with zero attached hydrogens (tertiary/aromatic N) is 1. The van der Waals surface area contributed by atoms with Crippen molar-refractivity contribution in [2.75, 3.05) is 26.9 Å². The summed E-state index contributed by atoms with van der Waals surface area (Å²) in [5, 5.41) is 23.3. The number of rotatable bonds is 10. The van der Waals surface area contributed by atoms with Crippen LogP contribution in [-0.2, 0) is 16.0 Å². The molecule has 0 fully saturated rings. The summed E-state index contributed by atoms with van der Waals surface area (Å²) in [5.74, 6) is 0. The molecular weight excluding hydrogens is 276 g/mol. The average molecular weight is 298 g/mol. The molecule has 1 aromatic carbocycles. The van der Waals surface area contributed by atoms with E-state index in [-0.39, 0.29) is 18.4 Å². The third-order valence-corrected chi connectivity index (χ3v) is 2.83. The lowest BCUT2D eigenvalue weighted by Gasteiger charge is -2.16. The van der Waals surface area contributed by atoms with Crippen LogP contribution in [-0.4, -0.2) is 49.1 Å². The maximum absolute atomic E-state index is 10.5. The summed E-state index contributed by atoms with van der Waals surface area (Å²) in [7, 11) is 1.60. The highest BCUT2D eigenvalue weighted by Gasteiger charge is 2.08. The van der Waals surface area contributed by atoms with Gasteiger partial charge in [0.15, 0.2) is 0 Å². The van der Waals surface area contributed by atoms with Crippen LogP contribution in [0.3, 0.4) is 0 Å². The van der Waals surface area contributed by atoms with E-state index in [1.165, 1.54) is 12.1 Å². The summed E-state index contributed by atoms with van der Waals surface area (Å²) in [6, 6.07) is 6.30. The van der Waals surface area contributed by atoms with E-state index in [9.17, 15) is 15.2 Å². The van der Waals surface area contributed by atoms with Gasteiger partial charge in [0.05, 0.1) is 30.3 Å². The molecule has 2 N–H and O–H groups in total. The van der Waals surface area contributed by atoms with Gasteiger partial charge in [-0.05, 0) is 12.5 Å². The zero-order valence-corrected chi connectivity index (χ0v) is 12.3. The molecule has 0 aliphatic carbocycles. The molecule has 0 heterocycles. The number of benzene rings is 1. The number of nitrogens with one attached hydrogen (secondary N) is 1. The van der Waals surface area contributed by atoms with Crippen molar-refractivity contribution >= 4 is 5.69 Å². The van der Waals surface area contributed by atoms with E-state index in [2.05, 4.69) is 5.32 Å². The molecule has 0 saturated heterocycles. The number of aliphatic hydroxyl groups is 1. The highest BCUT2D eigenvalue weighted by molar-refractivity contribution is 5.32. The van der Waals surface area contributed by atoms with Gasteiger partial charge in [-0.15, -0.1) is 0 Å². The predicted molar refractivity (Wildman–Crippen MR) is 78.1 cm³/mol. The molecule has 0 aromatic heterocycles. The lowest BCUT2D eigenvalue weighted by Crippen LogP contribution is -2.32. The number of aliphatic hydroxyl groups excluding tert-OH is 1. The second-order valence-corrected chi connectivity index (χ2v) is 4.81. The predicted octanol–water partition coefficient (Wildman–Crippen LogP) is 1.10. The lowest BCUT2D eigenvalue weighted by atomic mass is 10.2. The first-order valence-electron chi connectivity index (χ1n) is 6.75. The van der Waals surface area contributed by atoms with Gasteiger partial charge < -0.3 is 19.9 Å². The molecule has 21 heavy (non-hydrogen) atoms. The van der Waals surface area contributed by atoms with E-state index in [1.54, 1.807) is 19.2 Å². The fourth-order valence-corrected chi connectivity index (χ4v) is 1.74. The molecule has 0 amide bonds. The SMILES string of the molecule is COCC(C)OCC(O)CNCc1ccc([N+](=O)[O-])cc1. The van der Waals surface area contributed by atoms with Gasteiger partial charge in [0.25, 0.3) is 5.69 Å². The van der Waals surface area contributed by atoms with Crippen LogP contribution >= 0.6 is 0 Å². The second kappa shape index (κ2) is 9.41. The molecule has 0 saturated carbocycles. The standard InChI is InChI=1S/C14H22N2O5/c1-11(9-20-2)21-10-14(17)8-15-7-12-3-5-13(6-4-12)16(18)19/h3-6,11,14-15,17H,7-10H2,1-2H3. The first-order valence-corrected chi connectivity index (χ1v) is 6.75. The van der Waals surface area contributed by atoms with Crippen LogP contribution in [0, 0.1) is 10.1 Å². The van der Waals surface area contributed by atoms with Crippen molar-refractivity contribution in [2.24, 2.45) is 0 Å². The van der Waals surface area contributed by atoms with Crippen LogP contribution < -0.4 is 5.32 Å². The Morgan fingerprint density at radius 3 is 2.57 bits per heavy atom. The van der Waals surface area contributed by atoms with E-state index < -0.39 is 11.0 Å². The van der Waals surface area contributed by atoms with Crippen LogP contribution in [0.1, 0.15) is 12.5 Å². The zero-order valence-electron chi connectivity index (χ0n) is 12.3. The van der Waals surface area contributed by atoms with E-state index in [4.69, 9.17) is 9.47 Å². The smallest absolute Gasteiger partial charge is 0.269 e. The largest absolute Gasteiger partial charge is 0.389 e. The number of nitro groups is 1. The Hall–Kier alpha value is -1.54. The number of hydrogen-bond donors (Lipinski definition) is 2. The molecule has 0 radical (unpaired) electrons. The van der Waals surface area contributed by atoms with Crippen molar-refractivity contribution in [3.8, 4) is 0 Å². The summed E-state index contributed by atoms with van der Waals surface area (Å²) in [6.45, 7) is 3.51. The van der Waals surface area contributed by atoms with Crippen LogP contribution in [0.5, 0.6) is 0 Å². The lowest BCUT2D eigenvalue weighted by molar-refractivity contribution is -0.384. The third kappa shape index (κ3) is 7.14. The normalized spacial score (nSPS) is 13.9. The van der Waals surface area contributed by atoms with Crippen molar-refractivity contribution in [1.82, 2.24) is 5.32 Å². The summed E-state index contributed by atoms with van der Waals surface area (Å²) in [4.78, 5) is 10.1. The van der Waals surface area contributed by atoms with Crippen LogP contribution in [0.15, 0.2) is 24.3 Å². The fraction of sp³-hybridized carbons (Fsp3) is 0.571. The molecule has 118 valence electrons. The second-order valence-electron chi connectivity index (χ2n) is 4.81.